The fourth-order valence-corrected chi connectivity index (χ4v) is 2.11. The lowest BCUT2D eigenvalue weighted by atomic mass is 10.2. The Morgan fingerprint density at radius 3 is 2.58 bits per heavy atom. The van der Waals surface area contributed by atoms with Crippen molar-refractivity contribution in [3.05, 3.63) is 0 Å². The minimum absolute atomic E-state index is 0.147. The second-order valence-electron chi connectivity index (χ2n) is 3.38. The first-order valence-electron chi connectivity index (χ1n) is 4.36. The summed E-state index contributed by atoms with van der Waals surface area (Å²) in [6, 6.07) is 0.292. The second kappa shape index (κ2) is 5.07. The molecule has 4 N–H and O–H groups in total. The molecule has 0 spiro atoms. The lowest BCUT2D eigenvalue weighted by Crippen LogP contribution is -2.26. The number of aliphatic hydroxyl groups is 2. The molecule has 4 heteroatoms. The SMILES string of the molecule is NC(CSCC(O)CO)C1CC1. The third kappa shape index (κ3) is 3.76. The van der Waals surface area contributed by atoms with E-state index >= 15 is 0 Å². The van der Waals surface area contributed by atoms with E-state index < -0.39 is 6.10 Å². The van der Waals surface area contributed by atoms with Gasteiger partial charge in [0.2, 0.25) is 0 Å². The van der Waals surface area contributed by atoms with E-state index in [1.165, 1.54) is 12.8 Å². The van der Waals surface area contributed by atoms with Gasteiger partial charge in [-0.3, -0.25) is 0 Å². The normalized spacial score (nSPS) is 22.2. The topological polar surface area (TPSA) is 66.5 Å². The number of thioether (sulfide) groups is 1. The van der Waals surface area contributed by atoms with Crippen molar-refractivity contribution in [3.63, 3.8) is 0 Å². The van der Waals surface area contributed by atoms with Gasteiger partial charge in [-0.15, -0.1) is 0 Å². The molecular formula is C8H17NO2S. The van der Waals surface area contributed by atoms with Gasteiger partial charge in [0, 0.05) is 17.5 Å². The molecule has 1 saturated carbocycles. The van der Waals surface area contributed by atoms with Gasteiger partial charge >= 0.3 is 0 Å². The van der Waals surface area contributed by atoms with E-state index in [1.54, 1.807) is 11.8 Å². The van der Waals surface area contributed by atoms with Gasteiger partial charge in [-0.05, 0) is 18.8 Å². The summed E-state index contributed by atoms with van der Waals surface area (Å²) in [4.78, 5) is 0. The van der Waals surface area contributed by atoms with Gasteiger partial charge in [0.1, 0.15) is 0 Å². The average molecular weight is 191 g/mol. The number of aliphatic hydroxyl groups excluding tert-OH is 2. The zero-order valence-electron chi connectivity index (χ0n) is 7.15. The molecule has 1 rings (SSSR count). The van der Waals surface area contributed by atoms with Crippen LogP contribution in [0.15, 0.2) is 0 Å². The number of hydrogen-bond donors (Lipinski definition) is 3. The van der Waals surface area contributed by atoms with Gasteiger partial charge < -0.3 is 15.9 Å². The summed E-state index contributed by atoms with van der Waals surface area (Å²) in [5, 5.41) is 17.5. The maximum atomic E-state index is 9.01. The maximum absolute atomic E-state index is 9.01. The van der Waals surface area contributed by atoms with Crippen LogP contribution in [-0.2, 0) is 0 Å². The highest BCUT2D eigenvalue weighted by Gasteiger charge is 2.28. The molecule has 0 aromatic rings. The van der Waals surface area contributed by atoms with E-state index in [0.717, 1.165) is 11.7 Å². The smallest absolute Gasteiger partial charge is 0.0861 e. The monoisotopic (exact) mass is 191 g/mol. The van der Waals surface area contributed by atoms with Crippen LogP contribution >= 0.6 is 11.8 Å². The van der Waals surface area contributed by atoms with Gasteiger partial charge in [-0.1, -0.05) is 0 Å². The van der Waals surface area contributed by atoms with Crippen molar-refractivity contribution in [2.75, 3.05) is 18.1 Å². The standard InChI is InChI=1S/C8H17NO2S/c9-8(6-1-2-6)5-12-4-7(11)3-10/h6-8,10-11H,1-5,9H2. The first-order chi connectivity index (χ1) is 5.74. The molecule has 12 heavy (non-hydrogen) atoms. The Labute approximate surface area is 77.3 Å². The zero-order chi connectivity index (χ0) is 8.97. The van der Waals surface area contributed by atoms with Gasteiger partial charge in [0.25, 0.3) is 0 Å². The Hall–Kier alpha value is 0.230. The first-order valence-corrected chi connectivity index (χ1v) is 5.51. The maximum Gasteiger partial charge on any atom is 0.0861 e. The average Bonchev–Trinajstić information content (AvgIpc) is 2.86. The van der Waals surface area contributed by atoms with Crippen LogP contribution in [0, 0.1) is 5.92 Å². The molecule has 1 aliphatic rings. The molecule has 0 amide bonds. The van der Waals surface area contributed by atoms with Crippen molar-refractivity contribution in [2.45, 2.75) is 25.0 Å². The summed E-state index contributed by atoms with van der Waals surface area (Å²) < 4.78 is 0. The fraction of sp³-hybridized carbons (Fsp3) is 1.00. The van der Waals surface area contributed by atoms with Crippen LogP contribution in [0.2, 0.25) is 0 Å². The van der Waals surface area contributed by atoms with E-state index in [2.05, 4.69) is 0 Å². The van der Waals surface area contributed by atoms with Crippen LogP contribution in [0.25, 0.3) is 0 Å². The molecule has 0 aromatic heterocycles. The van der Waals surface area contributed by atoms with Crippen molar-refractivity contribution in [3.8, 4) is 0 Å². The van der Waals surface area contributed by atoms with Crippen LogP contribution < -0.4 is 5.73 Å². The van der Waals surface area contributed by atoms with Crippen LogP contribution in [-0.4, -0.2) is 40.5 Å². The zero-order valence-corrected chi connectivity index (χ0v) is 7.96. The Balaban J connectivity index is 1.93. The van der Waals surface area contributed by atoms with Crippen molar-refractivity contribution in [1.29, 1.82) is 0 Å². The lowest BCUT2D eigenvalue weighted by molar-refractivity contribution is 0.113. The largest absolute Gasteiger partial charge is 0.394 e. The molecule has 0 bridgehead atoms. The molecule has 3 nitrogen and oxygen atoms in total. The molecule has 1 fully saturated rings. The molecular weight excluding hydrogens is 174 g/mol. The predicted octanol–water partition coefficient (Wildman–Crippen LogP) is -0.190. The quantitative estimate of drug-likeness (QED) is 0.544. The minimum Gasteiger partial charge on any atom is -0.394 e. The molecule has 2 unspecified atom stereocenters. The molecule has 72 valence electrons. The Morgan fingerprint density at radius 1 is 1.42 bits per heavy atom. The predicted molar refractivity (Wildman–Crippen MR) is 51.1 cm³/mol. The highest BCUT2D eigenvalue weighted by Crippen LogP contribution is 2.32. The summed E-state index contributed by atoms with van der Waals surface area (Å²) >= 11 is 1.63. The van der Waals surface area contributed by atoms with Gasteiger partial charge in [0.05, 0.1) is 12.7 Å². The highest BCUT2D eigenvalue weighted by atomic mass is 32.2. The van der Waals surface area contributed by atoms with Crippen molar-refractivity contribution >= 4 is 11.8 Å². The van der Waals surface area contributed by atoms with Crippen LogP contribution in [0.1, 0.15) is 12.8 Å². The van der Waals surface area contributed by atoms with E-state index in [1.807, 2.05) is 0 Å². The van der Waals surface area contributed by atoms with Crippen molar-refractivity contribution in [2.24, 2.45) is 11.7 Å². The molecule has 1 aliphatic carbocycles. The van der Waals surface area contributed by atoms with Gasteiger partial charge in [-0.25, -0.2) is 0 Å². The molecule has 2 atom stereocenters. The Morgan fingerprint density at radius 2 is 2.08 bits per heavy atom. The number of nitrogens with two attached hydrogens (primary N) is 1. The van der Waals surface area contributed by atoms with Crippen molar-refractivity contribution < 1.29 is 10.2 Å². The third-order valence-electron chi connectivity index (χ3n) is 2.06. The van der Waals surface area contributed by atoms with E-state index in [4.69, 9.17) is 15.9 Å². The molecule has 0 aromatic carbocycles. The minimum atomic E-state index is -0.582. The summed E-state index contributed by atoms with van der Waals surface area (Å²) in [7, 11) is 0. The van der Waals surface area contributed by atoms with E-state index in [-0.39, 0.29) is 6.61 Å². The van der Waals surface area contributed by atoms with Crippen molar-refractivity contribution in [1.82, 2.24) is 0 Å². The second-order valence-corrected chi connectivity index (χ2v) is 4.45. The summed E-state index contributed by atoms with van der Waals surface area (Å²) in [5.74, 6) is 2.22. The molecule has 0 heterocycles. The molecule has 0 saturated heterocycles. The number of rotatable bonds is 6. The van der Waals surface area contributed by atoms with E-state index in [9.17, 15) is 0 Å². The van der Waals surface area contributed by atoms with Gasteiger partial charge in [0.15, 0.2) is 0 Å². The summed E-state index contributed by atoms with van der Waals surface area (Å²) in [6.07, 6.45) is 1.95. The fourth-order valence-electron chi connectivity index (χ4n) is 1.05. The van der Waals surface area contributed by atoms with Gasteiger partial charge in [-0.2, -0.15) is 11.8 Å². The third-order valence-corrected chi connectivity index (χ3v) is 3.30. The van der Waals surface area contributed by atoms with Crippen LogP contribution in [0.5, 0.6) is 0 Å². The number of hydrogen-bond acceptors (Lipinski definition) is 4. The highest BCUT2D eigenvalue weighted by molar-refractivity contribution is 7.99. The van der Waals surface area contributed by atoms with E-state index in [0.29, 0.717) is 11.8 Å². The summed E-state index contributed by atoms with van der Waals surface area (Å²) in [5.41, 5.74) is 5.84. The lowest BCUT2D eigenvalue weighted by Gasteiger charge is -2.11. The summed E-state index contributed by atoms with van der Waals surface area (Å²) in [6.45, 7) is -0.147. The Bertz CT molecular complexity index is 130. The van der Waals surface area contributed by atoms with Crippen LogP contribution in [0.4, 0.5) is 0 Å². The molecule has 0 radical (unpaired) electrons. The Kier molecular flexibility index (Phi) is 4.35. The van der Waals surface area contributed by atoms with Crippen LogP contribution in [0.3, 0.4) is 0 Å². The molecule has 0 aliphatic heterocycles. The first kappa shape index (κ1) is 10.3.